The van der Waals surface area contributed by atoms with E-state index in [1.807, 2.05) is 0 Å². The molecule has 0 spiro atoms. The quantitative estimate of drug-likeness (QED) is 0.824. The minimum atomic E-state index is 0.165. The topological polar surface area (TPSA) is 41.1 Å². The van der Waals surface area contributed by atoms with Crippen molar-refractivity contribution in [2.75, 3.05) is 6.54 Å². The van der Waals surface area contributed by atoms with Crippen LogP contribution in [0.2, 0.25) is 0 Å². The Morgan fingerprint density at radius 2 is 2.12 bits per heavy atom. The average Bonchev–Trinajstić information content (AvgIpc) is 3.11. The van der Waals surface area contributed by atoms with Crippen LogP contribution in [0.1, 0.15) is 36.3 Å². The van der Waals surface area contributed by atoms with Crippen molar-refractivity contribution in [1.82, 2.24) is 10.6 Å². The number of amides is 1. The molecule has 3 heteroatoms. The highest BCUT2D eigenvalue weighted by molar-refractivity contribution is 5.78. The molecule has 1 aliphatic carbocycles. The fraction of sp³-hybridized carbons (Fsp3) is 0.500. The summed E-state index contributed by atoms with van der Waals surface area (Å²) in [5, 5.41) is 6.32. The molecule has 3 nitrogen and oxygen atoms in total. The van der Waals surface area contributed by atoms with Crippen molar-refractivity contribution in [3.8, 4) is 0 Å². The Labute approximate surface area is 102 Å². The van der Waals surface area contributed by atoms with Gasteiger partial charge in [-0.15, -0.1) is 0 Å². The van der Waals surface area contributed by atoms with Crippen LogP contribution in [0.5, 0.6) is 0 Å². The number of hydrogen-bond donors (Lipinski definition) is 2. The second-order valence-corrected chi connectivity index (χ2v) is 5.06. The van der Waals surface area contributed by atoms with E-state index < -0.39 is 0 Å². The number of benzene rings is 1. The summed E-state index contributed by atoms with van der Waals surface area (Å²) < 4.78 is 0. The number of carbonyl (C=O) groups is 1. The molecule has 17 heavy (non-hydrogen) atoms. The van der Waals surface area contributed by atoms with Gasteiger partial charge in [0.1, 0.15) is 0 Å². The minimum Gasteiger partial charge on any atom is -0.354 e. The van der Waals surface area contributed by atoms with E-state index >= 15 is 0 Å². The van der Waals surface area contributed by atoms with Crippen LogP contribution >= 0.6 is 0 Å². The molecule has 2 N–H and O–H groups in total. The van der Waals surface area contributed by atoms with Crippen LogP contribution in [0.25, 0.3) is 0 Å². The first-order valence-electron chi connectivity index (χ1n) is 6.41. The van der Waals surface area contributed by atoms with Crippen LogP contribution in [0.3, 0.4) is 0 Å². The van der Waals surface area contributed by atoms with Crippen molar-refractivity contribution in [2.24, 2.45) is 0 Å². The first kappa shape index (κ1) is 10.8. The highest BCUT2D eigenvalue weighted by atomic mass is 16.1. The predicted octanol–water partition coefficient (Wildman–Crippen LogP) is 1.54. The number of carbonyl (C=O) groups excluding carboxylic acids is 1. The number of hydrogen-bond acceptors (Lipinski definition) is 2. The largest absolute Gasteiger partial charge is 0.354 e. The SMILES string of the molecule is O=C1CC(NCc2ccccc2C2CC2)CN1. The van der Waals surface area contributed by atoms with Gasteiger partial charge in [0.15, 0.2) is 0 Å². The third-order valence-electron chi connectivity index (χ3n) is 3.63. The van der Waals surface area contributed by atoms with Crippen molar-refractivity contribution in [3.05, 3.63) is 35.4 Å². The van der Waals surface area contributed by atoms with Gasteiger partial charge in [0.2, 0.25) is 5.91 Å². The molecule has 90 valence electrons. The van der Waals surface area contributed by atoms with Gasteiger partial charge in [0.25, 0.3) is 0 Å². The average molecular weight is 230 g/mol. The first-order chi connectivity index (χ1) is 8.33. The minimum absolute atomic E-state index is 0.165. The van der Waals surface area contributed by atoms with Crippen molar-refractivity contribution >= 4 is 5.91 Å². The lowest BCUT2D eigenvalue weighted by molar-refractivity contribution is -0.119. The van der Waals surface area contributed by atoms with E-state index in [1.54, 1.807) is 0 Å². The lowest BCUT2D eigenvalue weighted by Crippen LogP contribution is -2.30. The van der Waals surface area contributed by atoms with Crippen molar-refractivity contribution in [2.45, 2.75) is 37.8 Å². The van der Waals surface area contributed by atoms with Crippen molar-refractivity contribution in [3.63, 3.8) is 0 Å². The second kappa shape index (κ2) is 4.49. The van der Waals surface area contributed by atoms with Gasteiger partial charge < -0.3 is 10.6 Å². The zero-order valence-electron chi connectivity index (χ0n) is 9.91. The third-order valence-corrected chi connectivity index (χ3v) is 3.63. The van der Waals surface area contributed by atoms with Gasteiger partial charge in [-0.05, 0) is 29.9 Å². The Balaban J connectivity index is 1.62. The summed E-state index contributed by atoms with van der Waals surface area (Å²) in [4.78, 5) is 11.1. The molecule has 1 aromatic carbocycles. The maximum Gasteiger partial charge on any atom is 0.221 e. The molecule has 1 unspecified atom stereocenters. The highest BCUT2D eigenvalue weighted by Gasteiger charge is 2.26. The lowest BCUT2D eigenvalue weighted by Gasteiger charge is -2.13. The standard InChI is InChI=1S/C14H18N2O/c17-14-7-12(9-16-14)15-8-11-3-1-2-4-13(11)10-5-6-10/h1-4,10,12,15H,5-9H2,(H,16,17). The van der Waals surface area contributed by atoms with Gasteiger partial charge in [0.05, 0.1) is 0 Å². The van der Waals surface area contributed by atoms with Crippen LogP contribution in [0.15, 0.2) is 24.3 Å². The monoisotopic (exact) mass is 230 g/mol. The number of rotatable bonds is 4. The van der Waals surface area contributed by atoms with Crippen LogP contribution in [0.4, 0.5) is 0 Å². The molecule has 1 aliphatic heterocycles. The summed E-state index contributed by atoms with van der Waals surface area (Å²) in [6, 6.07) is 8.96. The Hall–Kier alpha value is -1.35. The molecule has 1 heterocycles. The summed E-state index contributed by atoms with van der Waals surface area (Å²) >= 11 is 0. The van der Waals surface area contributed by atoms with Crippen molar-refractivity contribution in [1.29, 1.82) is 0 Å². The summed E-state index contributed by atoms with van der Waals surface area (Å²) in [5.41, 5.74) is 2.90. The molecule has 3 rings (SSSR count). The summed E-state index contributed by atoms with van der Waals surface area (Å²) in [7, 11) is 0. The Morgan fingerprint density at radius 1 is 1.29 bits per heavy atom. The van der Waals surface area contributed by atoms with E-state index in [-0.39, 0.29) is 5.91 Å². The fourth-order valence-electron chi connectivity index (χ4n) is 2.49. The number of nitrogens with one attached hydrogen (secondary N) is 2. The van der Waals surface area contributed by atoms with E-state index in [9.17, 15) is 4.79 Å². The molecule has 1 atom stereocenters. The van der Waals surface area contributed by atoms with Gasteiger partial charge >= 0.3 is 0 Å². The molecular formula is C14H18N2O. The molecule has 2 fully saturated rings. The highest BCUT2D eigenvalue weighted by Crippen LogP contribution is 2.41. The lowest BCUT2D eigenvalue weighted by atomic mass is 10.0. The van der Waals surface area contributed by atoms with E-state index in [0.717, 1.165) is 19.0 Å². The zero-order valence-corrected chi connectivity index (χ0v) is 9.91. The van der Waals surface area contributed by atoms with Gasteiger partial charge in [-0.1, -0.05) is 24.3 Å². The van der Waals surface area contributed by atoms with Gasteiger partial charge in [0, 0.05) is 25.6 Å². The predicted molar refractivity (Wildman–Crippen MR) is 66.7 cm³/mol. The van der Waals surface area contributed by atoms with Crippen LogP contribution < -0.4 is 10.6 Å². The van der Waals surface area contributed by atoms with E-state index in [2.05, 4.69) is 34.9 Å². The summed E-state index contributed by atoms with van der Waals surface area (Å²) in [6.07, 6.45) is 3.28. The van der Waals surface area contributed by atoms with Crippen LogP contribution in [0, 0.1) is 0 Å². The van der Waals surface area contributed by atoms with E-state index in [1.165, 1.54) is 24.0 Å². The van der Waals surface area contributed by atoms with Crippen LogP contribution in [-0.4, -0.2) is 18.5 Å². The van der Waals surface area contributed by atoms with E-state index in [4.69, 9.17) is 0 Å². The fourth-order valence-corrected chi connectivity index (χ4v) is 2.49. The Bertz CT molecular complexity index is 426. The van der Waals surface area contributed by atoms with Crippen molar-refractivity contribution < 1.29 is 4.79 Å². The Morgan fingerprint density at radius 3 is 2.82 bits per heavy atom. The zero-order chi connectivity index (χ0) is 11.7. The van der Waals surface area contributed by atoms with Gasteiger partial charge in [-0.2, -0.15) is 0 Å². The first-order valence-corrected chi connectivity index (χ1v) is 6.41. The molecule has 1 saturated carbocycles. The second-order valence-electron chi connectivity index (χ2n) is 5.06. The molecule has 0 aromatic heterocycles. The molecule has 0 radical (unpaired) electrons. The molecule has 1 saturated heterocycles. The maximum absolute atomic E-state index is 11.1. The molecule has 1 amide bonds. The van der Waals surface area contributed by atoms with Crippen LogP contribution in [-0.2, 0) is 11.3 Å². The van der Waals surface area contributed by atoms with Gasteiger partial charge in [-0.25, -0.2) is 0 Å². The molecule has 0 bridgehead atoms. The van der Waals surface area contributed by atoms with E-state index in [0.29, 0.717) is 12.5 Å². The smallest absolute Gasteiger partial charge is 0.221 e. The molecule has 2 aliphatic rings. The molecular weight excluding hydrogens is 212 g/mol. The molecule has 1 aromatic rings. The summed E-state index contributed by atoms with van der Waals surface area (Å²) in [5.74, 6) is 0.953. The summed E-state index contributed by atoms with van der Waals surface area (Å²) in [6.45, 7) is 1.65. The third kappa shape index (κ3) is 2.50. The van der Waals surface area contributed by atoms with Gasteiger partial charge in [-0.3, -0.25) is 4.79 Å². The maximum atomic E-state index is 11.1. The Kier molecular flexibility index (Phi) is 2.85. The normalized spacial score (nSPS) is 23.8.